The Morgan fingerprint density at radius 2 is 2.05 bits per heavy atom. The predicted octanol–water partition coefficient (Wildman–Crippen LogP) is 4.18. The zero-order valence-electron chi connectivity index (χ0n) is 12.4. The molecule has 3 rings (SSSR count). The summed E-state index contributed by atoms with van der Waals surface area (Å²) in [5.74, 6) is 1.59. The first-order valence-electron chi connectivity index (χ1n) is 6.96. The standard InChI is InChI=1S/C16H16ClN3O2/c1-11(12-6-3-4-7-13(12)17)20(2)10-15-18-16(19-22-15)14-8-5-9-21-14/h3-9,11H,10H2,1-2H3. The van der Waals surface area contributed by atoms with Gasteiger partial charge in [0.1, 0.15) is 0 Å². The van der Waals surface area contributed by atoms with Crippen LogP contribution in [-0.2, 0) is 6.54 Å². The molecule has 2 heterocycles. The zero-order chi connectivity index (χ0) is 15.5. The lowest BCUT2D eigenvalue weighted by atomic mass is 10.1. The molecule has 0 aliphatic carbocycles. The van der Waals surface area contributed by atoms with Crippen LogP contribution >= 0.6 is 11.6 Å². The molecule has 0 aliphatic heterocycles. The Bertz CT molecular complexity index is 739. The van der Waals surface area contributed by atoms with Gasteiger partial charge in [-0.1, -0.05) is 35.0 Å². The van der Waals surface area contributed by atoms with E-state index in [2.05, 4.69) is 22.0 Å². The van der Waals surface area contributed by atoms with Crippen molar-refractivity contribution in [1.82, 2.24) is 15.0 Å². The molecule has 0 saturated carbocycles. The molecule has 0 spiro atoms. The van der Waals surface area contributed by atoms with E-state index in [4.69, 9.17) is 20.5 Å². The van der Waals surface area contributed by atoms with Crippen molar-refractivity contribution < 1.29 is 8.94 Å². The SMILES string of the molecule is CC(c1ccccc1Cl)N(C)Cc1nc(-c2ccco2)no1. The lowest BCUT2D eigenvalue weighted by molar-refractivity contribution is 0.216. The quantitative estimate of drug-likeness (QED) is 0.706. The van der Waals surface area contributed by atoms with Crippen molar-refractivity contribution >= 4 is 11.6 Å². The Labute approximate surface area is 133 Å². The van der Waals surface area contributed by atoms with Gasteiger partial charge in [0.05, 0.1) is 12.8 Å². The van der Waals surface area contributed by atoms with Crippen LogP contribution < -0.4 is 0 Å². The molecule has 3 aromatic rings. The second kappa shape index (κ2) is 6.34. The third-order valence-corrected chi connectivity index (χ3v) is 3.95. The van der Waals surface area contributed by atoms with Crippen molar-refractivity contribution in [2.24, 2.45) is 0 Å². The molecule has 1 aromatic carbocycles. The van der Waals surface area contributed by atoms with Gasteiger partial charge in [0.15, 0.2) is 5.76 Å². The van der Waals surface area contributed by atoms with Crippen LogP contribution in [0.4, 0.5) is 0 Å². The first kappa shape index (κ1) is 14.8. The smallest absolute Gasteiger partial charge is 0.241 e. The fourth-order valence-electron chi connectivity index (χ4n) is 2.23. The van der Waals surface area contributed by atoms with E-state index in [1.54, 1.807) is 18.4 Å². The number of hydrogen-bond donors (Lipinski definition) is 0. The average molecular weight is 318 g/mol. The van der Waals surface area contributed by atoms with Gasteiger partial charge in [-0.3, -0.25) is 4.90 Å². The molecule has 0 amide bonds. The normalized spacial score (nSPS) is 12.7. The Kier molecular flexibility index (Phi) is 4.27. The van der Waals surface area contributed by atoms with E-state index in [9.17, 15) is 0 Å². The summed E-state index contributed by atoms with van der Waals surface area (Å²) in [5, 5.41) is 4.68. The maximum atomic E-state index is 6.25. The van der Waals surface area contributed by atoms with Gasteiger partial charge in [-0.15, -0.1) is 0 Å². The van der Waals surface area contributed by atoms with Gasteiger partial charge in [-0.25, -0.2) is 0 Å². The van der Waals surface area contributed by atoms with Crippen LogP contribution in [0.5, 0.6) is 0 Å². The van der Waals surface area contributed by atoms with Crippen LogP contribution in [0.2, 0.25) is 5.02 Å². The largest absolute Gasteiger partial charge is 0.461 e. The van der Waals surface area contributed by atoms with E-state index in [-0.39, 0.29) is 6.04 Å². The lowest BCUT2D eigenvalue weighted by Crippen LogP contribution is -2.22. The number of hydrogen-bond acceptors (Lipinski definition) is 5. The fourth-order valence-corrected chi connectivity index (χ4v) is 2.52. The van der Waals surface area contributed by atoms with E-state index in [1.165, 1.54) is 0 Å². The van der Waals surface area contributed by atoms with E-state index in [0.29, 0.717) is 24.0 Å². The molecule has 1 atom stereocenters. The minimum absolute atomic E-state index is 0.132. The van der Waals surface area contributed by atoms with Gasteiger partial charge in [0, 0.05) is 11.1 Å². The molecule has 114 valence electrons. The van der Waals surface area contributed by atoms with Gasteiger partial charge in [0.2, 0.25) is 11.7 Å². The topological polar surface area (TPSA) is 55.3 Å². The van der Waals surface area contributed by atoms with E-state index < -0.39 is 0 Å². The van der Waals surface area contributed by atoms with E-state index >= 15 is 0 Å². The predicted molar refractivity (Wildman–Crippen MR) is 83.3 cm³/mol. The number of benzene rings is 1. The summed E-state index contributed by atoms with van der Waals surface area (Å²) in [6.45, 7) is 2.62. The van der Waals surface area contributed by atoms with Gasteiger partial charge in [-0.2, -0.15) is 4.98 Å². The molecule has 2 aromatic heterocycles. The molecule has 1 unspecified atom stereocenters. The first-order chi connectivity index (χ1) is 10.6. The molecule has 0 radical (unpaired) electrons. The van der Waals surface area contributed by atoms with Crippen molar-refractivity contribution in [2.45, 2.75) is 19.5 Å². The highest BCUT2D eigenvalue weighted by molar-refractivity contribution is 6.31. The maximum Gasteiger partial charge on any atom is 0.241 e. The second-order valence-corrected chi connectivity index (χ2v) is 5.51. The van der Waals surface area contributed by atoms with Crippen LogP contribution in [0.1, 0.15) is 24.4 Å². The van der Waals surface area contributed by atoms with Crippen LogP contribution in [0.15, 0.2) is 51.6 Å². The molecule has 0 bridgehead atoms. The Morgan fingerprint density at radius 1 is 1.23 bits per heavy atom. The Balaban J connectivity index is 1.72. The van der Waals surface area contributed by atoms with E-state index in [0.717, 1.165) is 10.6 Å². The molecule has 0 fully saturated rings. The summed E-state index contributed by atoms with van der Waals surface area (Å²) in [4.78, 5) is 6.44. The molecule has 22 heavy (non-hydrogen) atoms. The number of rotatable bonds is 5. The van der Waals surface area contributed by atoms with Gasteiger partial charge in [-0.05, 0) is 37.7 Å². The highest BCUT2D eigenvalue weighted by Gasteiger charge is 2.18. The molecule has 5 nitrogen and oxygen atoms in total. The third-order valence-electron chi connectivity index (χ3n) is 3.61. The number of furan rings is 1. The number of aromatic nitrogens is 2. The number of halogens is 1. The van der Waals surface area contributed by atoms with Crippen LogP contribution in [0, 0.1) is 0 Å². The fraction of sp³-hybridized carbons (Fsp3) is 0.250. The molecule has 0 aliphatic rings. The molecular weight excluding hydrogens is 302 g/mol. The summed E-state index contributed by atoms with van der Waals surface area (Å²) in [7, 11) is 1.99. The molecule has 6 heteroatoms. The van der Waals surface area contributed by atoms with Crippen molar-refractivity contribution in [1.29, 1.82) is 0 Å². The van der Waals surface area contributed by atoms with Crippen molar-refractivity contribution in [3.63, 3.8) is 0 Å². The highest BCUT2D eigenvalue weighted by atomic mass is 35.5. The van der Waals surface area contributed by atoms with Crippen LogP contribution in [0.25, 0.3) is 11.6 Å². The highest BCUT2D eigenvalue weighted by Crippen LogP contribution is 2.27. The Hall–Kier alpha value is -2.11. The minimum Gasteiger partial charge on any atom is -0.461 e. The monoisotopic (exact) mass is 317 g/mol. The average Bonchev–Trinajstić information content (AvgIpc) is 3.17. The van der Waals surface area contributed by atoms with Crippen molar-refractivity contribution in [3.8, 4) is 11.6 Å². The van der Waals surface area contributed by atoms with Gasteiger partial charge >= 0.3 is 0 Å². The summed E-state index contributed by atoms with van der Waals surface area (Å²) < 4.78 is 10.5. The maximum absolute atomic E-state index is 6.25. The summed E-state index contributed by atoms with van der Waals surface area (Å²) >= 11 is 6.25. The summed E-state index contributed by atoms with van der Waals surface area (Å²) in [6, 6.07) is 11.5. The molecule has 0 N–H and O–H groups in total. The summed E-state index contributed by atoms with van der Waals surface area (Å²) in [6.07, 6.45) is 1.58. The first-order valence-corrected chi connectivity index (χ1v) is 7.34. The van der Waals surface area contributed by atoms with Crippen LogP contribution in [-0.4, -0.2) is 22.1 Å². The molecular formula is C16H16ClN3O2. The van der Waals surface area contributed by atoms with Crippen molar-refractivity contribution in [3.05, 3.63) is 59.1 Å². The van der Waals surface area contributed by atoms with Crippen molar-refractivity contribution in [2.75, 3.05) is 7.05 Å². The second-order valence-electron chi connectivity index (χ2n) is 5.10. The van der Waals surface area contributed by atoms with Gasteiger partial charge < -0.3 is 8.94 Å². The minimum atomic E-state index is 0.132. The lowest BCUT2D eigenvalue weighted by Gasteiger charge is -2.24. The van der Waals surface area contributed by atoms with E-state index in [1.807, 2.05) is 31.3 Å². The number of nitrogens with zero attached hydrogens (tertiary/aromatic N) is 3. The Morgan fingerprint density at radius 3 is 2.77 bits per heavy atom. The van der Waals surface area contributed by atoms with Gasteiger partial charge in [0.25, 0.3) is 0 Å². The summed E-state index contributed by atoms with van der Waals surface area (Å²) in [5.41, 5.74) is 1.07. The van der Waals surface area contributed by atoms with Crippen LogP contribution in [0.3, 0.4) is 0 Å². The third kappa shape index (κ3) is 3.05. The molecule has 0 saturated heterocycles. The zero-order valence-corrected chi connectivity index (χ0v) is 13.1.